The maximum Gasteiger partial charge on any atom is 0.408 e. The smallest absolute Gasteiger partial charge is 0.408 e. The molecule has 2 aromatic carbocycles. The molecule has 2 aromatic rings. The van der Waals surface area contributed by atoms with E-state index in [2.05, 4.69) is 0 Å². The normalized spacial score (nSPS) is 13.0. The van der Waals surface area contributed by atoms with Gasteiger partial charge in [-0.2, -0.15) is 13.2 Å². The number of para-hydroxylation sites is 1. The molecule has 1 N–H and O–H groups in total. The molecule has 12 heteroatoms. The van der Waals surface area contributed by atoms with Crippen molar-refractivity contribution in [1.29, 1.82) is 0 Å². The molecule has 196 valence electrons. The highest BCUT2D eigenvalue weighted by molar-refractivity contribution is 6.42. The monoisotopic (exact) mass is 548 g/mol. The van der Waals surface area contributed by atoms with Crippen LogP contribution in [0.25, 0.3) is 0 Å². The van der Waals surface area contributed by atoms with Gasteiger partial charge in [-0.25, -0.2) is 4.79 Å². The van der Waals surface area contributed by atoms with Crippen LogP contribution in [-0.4, -0.2) is 60.1 Å². The van der Waals surface area contributed by atoms with Crippen molar-refractivity contribution < 1.29 is 37.4 Å². The molecule has 0 fully saturated rings. The first kappa shape index (κ1) is 29.3. The van der Waals surface area contributed by atoms with Gasteiger partial charge in [-0.05, 0) is 30.2 Å². The molecule has 7 nitrogen and oxygen atoms in total. The molecule has 0 radical (unpaired) electrons. The first-order valence-corrected chi connectivity index (χ1v) is 11.4. The van der Waals surface area contributed by atoms with Crippen LogP contribution >= 0.6 is 23.2 Å². The fourth-order valence-electron chi connectivity index (χ4n) is 3.97. The molecule has 0 unspecified atom stereocenters. The van der Waals surface area contributed by atoms with Gasteiger partial charge in [0.2, 0.25) is 5.91 Å². The Morgan fingerprint density at radius 2 is 1.78 bits per heavy atom. The van der Waals surface area contributed by atoms with E-state index in [0.29, 0.717) is 17.6 Å². The summed E-state index contributed by atoms with van der Waals surface area (Å²) in [4.78, 5) is 38.3. The van der Waals surface area contributed by atoms with Crippen molar-refractivity contribution in [3.05, 3.63) is 63.6 Å². The number of carboxylic acid groups (broad SMARTS) is 1. The first-order valence-electron chi connectivity index (χ1n) is 10.7. The fraction of sp³-hybridized carbons (Fsp3) is 0.375. The van der Waals surface area contributed by atoms with E-state index < -0.39 is 36.7 Å². The minimum atomic E-state index is -4.76. The average Bonchev–Trinajstić information content (AvgIpc) is 2.81. The van der Waals surface area contributed by atoms with Gasteiger partial charge in [0, 0.05) is 25.6 Å². The Labute approximate surface area is 216 Å². The van der Waals surface area contributed by atoms with Gasteiger partial charge in [0.25, 0.3) is 0 Å². The van der Waals surface area contributed by atoms with Gasteiger partial charge in [0.1, 0.15) is 18.5 Å². The zero-order valence-electron chi connectivity index (χ0n) is 19.5. The largest absolute Gasteiger partial charge is 0.496 e. The molecule has 0 aliphatic carbocycles. The number of halogens is 5. The lowest BCUT2D eigenvalue weighted by molar-refractivity contribution is -0.161. The van der Waals surface area contributed by atoms with Crippen LogP contribution in [0.4, 0.5) is 18.0 Å². The number of ether oxygens (including phenoxy) is 1. The van der Waals surface area contributed by atoms with Crippen LogP contribution in [0.3, 0.4) is 0 Å². The maximum absolute atomic E-state index is 12.9. The number of benzene rings is 2. The van der Waals surface area contributed by atoms with E-state index >= 15 is 0 Å². The average molecular weight is 549 g/mol. The lowest BCUT2D eigenvalue weighted by Gasteiger charge is -2.45. The molecule has 0 heterocycles. The highest BCUT2D eigenvalue weighted by Crippen LogP contribution is 2.39. The molecular weight excluding hydrogens is 524 g/mol. The zero-order chi connectivity index (χ0) is 27.1. The van der Waals surface area contributed by atoms with Crippen LogP contribution in [-0.2, 0) is 21.7 Å². The number of aldehydes is 1. The summed E-state index contributed by atoms with van der Waals surface area (Å²) in [6.07, 6.45) is -7.67. The standard InChI is InChI=1S/C24H25Cl2F3N2O5/c1-30(21(33)13-24(27,28)29)15-23(10-5-11-32,17-8-9-18(25)19(26)12-17)31(22(34)35)14-16-6-3-4-7-20(16)36-2/h3-4,6-9,11-12H,5,10,13-15H2,1-2H3,(H,34,35)/t23-/m1/s1. The van der Waals surface area contributed by atoms with Crippen LogP contribution < -0.4 is 4.74 Å². The van der Waals surface area contributed by atoms with Crippen molar-refractivity contribution in [1.82, 2.24) is 9.80 Å². The lowest BCUT2D eigenvalue weighted by Crippen LogP contribution is -2.55. The van der Waals surface area contributed by atoms with E-state index in [4.69, 9.17) is 27.9 Å². The molecule has 0 bridgehead atoms. The summed E-state index contributed by atoms with van der Waals surface area (Å²) < 4.78 is 44.1. The fourth-order valence-corrected chi connectivity index (χ4v) is 4.27. The topological polar surface area (TPSA) is 87.2 Å². The van der Waals surface area contributed by atoms with Crippen molar-refractivity contribution in [3.8, 4) is 5.75 Å². The number of hydrogen-bond acceptors (Lipinski definition) is 4. The Bertz CT molecular complexity index is 1100. The van der Waals surface area contributed by atoms with Gasteiger partial charge in [0.15, 0.2) is 0 Å². The van der Waals surface area contributed by atoms with Crippen molar-refractivity contribution in [2.75, 3.05) is 20.7 Å². The van der Waals surface area contributed by atoms with E-state index in [9.17, 15) is 32.7 Å². The minimum absolute atomic E-state index is 0.0662. The van der Waals surface area contributed by atoms with Gasteiger partial charge in [-0.1, -0.05) is 47.5 Å². The van der Waals surface area contributed by atoms with E-state index in [1.165, 1.54) is 25.3 Å². The van der Waals surface area contributed by atoms with Crippen LogP contribution in [0, 0.1) is 0 Å². The summed E-state index contributed by atoms with van der Waals surface area (Å²) in [6, 6.07) is 10.9. The van der Waals surface area contributed by atoms with Gasteiger partial charge in [-0.3, -0.25) is 9.69 Å². The van der Waals surface area contributed by atoms with Crippen LogP contribution in [0.1, 0.15) is 30.4 Å². The molecular formula is C24H25Cl2F3N2O5. The molecule has 36 heavy (non-hydrogen) atoms. The highest BCUT2D eigenvalue weighted by Gasteiger charge is 2.44. The summed E-state index contributed by atoms with van der Waals surface area (Å²) in [5, 5.41) is 10.5. The molecule has 0 spiro atoms. The number of rotatable bonds is 11. The Morgan fingerprint density at radius 3 is 2.33 bits per heavy atom. The Kier molecular flexibility index (Phi) is 10.0. The van der Waals surface area contributed by atoms with Gasteiger partial charge >= 0.3 is 12.3 Å². The molecule has 1 atom stereocenters. The predicted molar refractivity (Wildman–Crippen MR) is 128 cm³/mol. The van der Waals surface area contributed by atoms with Crippen LogP contribution in [0.2, 0.25) is 10.0 Å². The van der Waals surface area contributed by atoms with Gasteiger partial charge in [-0.15, -0.1) is 0 Å². The number of carbonyl (C=O) groups is 3. The summed E-state index contributed by atoms with van der Waals surface area (Å²) in [5.74, 6) is -0.885. The van der Waals surface area contributed by atoms with E-state index in [1.54, 1.807) is 24.3 Å². The first-order chi connectivity index (χ1) is 16.8. The third kappa shape index (κ3) is 7.27. The molecule has 0 aliphatic heterocycles. The summed E-state index contributed by atoms with van der Waals surface area (Å²) in [6.45, 7) is -0.755. The third-order valence-corrected chi connectivity index (χ3v) is 6.42. The summed E-state index contributed by atoms with van der Waals surface area (Å²) in [5.41, 5.74) is -0.956. The van der Waals surface area contributed by atoms with Crippen molar-refractivity contribution in [2.45, 2.75) is 37.5 Å². The van der Waals surface area contributed by atoms with Gasteiger partial charge < -0.3 is 19.5 Å². The SMILES string of the molecule is COc1ccccc1CN(C(=O)O)[C@](CCC=O)(CN(C)C(=O)CC(F)(F)F)c1ccc(Cl)c(Cl)c1. The molecule has 0 saturated heterocycles. The Morgan fingerprint density at radius 1 is 1.11 bits per heavy atom. The number of nitrogens with zero attached hydrogens (tertiary/aromatic N) is 2. The molecule has 0 saturated carbocycles. The van der Waals surface area contributed by atoms with Crippen LogP contribution in [0.15, 0.2) is 42.5 Å². The number of likely N-dealkylation sites (N-methyl/N-ethyl adjacent to an activating group) is 1. The summed E-state index contributed by atoms with van der Waals surface area (Å²) >= 11 is 12.3. The number of hydrogen-bond donors (Lipinski definition) is 1. The molecule has 0 aliphatic rings. The highest BCUT2D eigenvalue weighted by atomic mass is 35.5. The summed E-state index contributed by atoms with van der Waals surface area (Å²) in [7, 11) is 2.55. The second-order valence-corrected chi connectivity index (χ2v) is 8.90. The number of amides is 2. The molecule has 2 amide bonds. The number of alkyl halides is 3. The van der Waals surface area contributed by atoms with Crippen LogP contribution in [0.5, 0.6) is 5.75 Å². The zero-order valence-corrected chi connectivity index (χ0v) is 21.0. The maximum atomic E-state index is 12.9. The van der Waals surface area contributed by atoms with Crippen molar-refractivity contribution in [2.24, 2.45) is 0 Å². The predicted octanol–water partition coefficient (Wildman–Crippen LogP) is 5.77. The van der Waals surface area contributed by atoms with E-state index in [1.807, 2.05) is 0 Å². The third-order valence-electron chi connectivity index (χ3n) is 5.68. The molecule has 0 aromatic heterocycles. The number of methoxy groups -OCH3 is 1. The second kappa shape index (κ2) is 12.3. The Balaban J connectivity index is 2.72. The Hall–Kier alpha value is -2.98. The van der Waals surface area contributed by atoms with E-state index in [-0.39, 0.29) is 35.0 Å². The van der Waals surface area contributed by atoms with Crippen molar-refractivity contribution in [3.63, 3.8) is 0 Å². The lowest BCUT2D eigenvalue weighted by atomic mass is 9.82. The van der Waals surface area contributed by atoms with Crippen molar-refractivity contribution >= 4 is 41.5 Å². The quantitative estimate of drug-likeness (QED) is 0.360. The second-order valence-electron chi connectivity index (χ2n) is 8.09. The van der Waals surface area contributed by atoms with E-state index in [0.717, 1.165) is 16.8 Å². The van der Waals surface area contributed by atoms with Gasteiger partial charge in [0.05, 0.1) is 29.2 Å². The minimum Gasteiger partial charge on any atom is -0.496 e. The molecule has 2 rings (SSSR count). The number of carbonyl (C=O) groups excluding carboxylic acids is 2.